The molecule has 2 aromatic rings. The van der Waals surface area contributed by atoms with Gasteiger partial charge in [0.25, 0.3) is 5.56 Å². The number of nitrogens with zero attached hydrogens (tertiary/aromatic N) is 3. The van der Waals surface area contributed by atoms with Crippen molar-refractivity contribution in [1.82, 2.24) is 19.3 Å². The van der Waals surface area contributed by atoms with Crippen molar-refractivity contribution in [2.24, 2.45) is 0 Å². The Labute approximate surface area is 118 Å². The van der Waals surface area contributed by atoms with Crippen molar-refractivity contribution in [1.29, 1.82) is 0 Å². The normalized spacial score (nSPS) is 28.9. The molecule has 9 nitrogen and oxygen atoms in total. The summed E-state index contributed by atoms with van der Waals surface area (Å²) in [6, 6.07) is 2.21. The number of H-pyrrole nitrogens is 1. The van der Waals surface area contributed by atoms with Crippen molar-refractivity contribution >= 4 is 0 Å². The van der Waals surface area contributed by atoms with Crippen LogP contribution in [0.3, 0.4) is 0 Å². The van der Waals surface area contributed by atoms with Gasteiger partial charge in [0.1, 0.15) is 18.2 Å². The Kier molecular flexibility index (Phi) is 3.45. The first kappa shape index (κ1) is 13.7. The van der Waals surface area contributed by atoms with Crippen molar-refractivity contribution in [2.45, 2.75) is 24.5 Å². The number of hydrogen-bond donors (Lipinski definition) is 3. The highest BCUT2D eigenvalue weighted by Crippen LogP contribution is 2.35. The summed E-state index contributed by atoms with van der Waals surface area (Å²) in [6.07, 6.45) is 1.59. The predicted molar refractivity (Wildman–Crippen MR) is 69.6 cm³/mol. The molecule has 2 aromatic heterocycles. The molecule has 21 heavy (non-hydrogen) atoms. The average molecular weight is 294 g/mol. The van der Waals surface area contributed by atoms with E-state index in [9.17, 15) is 19.8 Å². The summed E-state index contributed by atoms with van der Waals surface area (Å²) >= 11 is 0. The van der Waals surface area contributed by atoms with Crippen molar-refractivity contribution in [3.05, 3.63) is 51.6 Å². The number of nitrogens with one attached hydrogen (secondary N) is 1. The highest BCUT2D eigenvalue weighted by Gasteiger charge is 2.46. The van der Waals surface area contributed by atoms with Crippen LogP contribution < -0.4 is 11.2 Å². The molecule has 1 saturated heterocycles. The molecule has 0 aliphatic carbocycles. The number of aromatic nitrogens is 4. The molecule has 0 unspecified atom stereocenters. The van der Waals surface area contributed by atoms with Gasteiger partial charge in [-0.05, 0) is 6.07 Å². The van der Waals surface area contributed by atoms with E-state index in [1.165, 1.54) is 10.9 Å². The molecule has 0 amide bonds. The summed E-state index contributed by atoms with van der Waals surface area (Å²) in [7, 11) is 0. The molecule has 0 spiro atoms. The maximum Gasteiger partial charge on any atom is 0.330 e. The largest absolute Gasteiger partial charge is 0.394 e. The maximum absolute atomic E-state index is 11.8. The smallest absolute Gasteiger partial charge is 0.330 e. The van der Waals surface area contributed by atoms with Gasteiger partial charge in [-0.1, -0.05) is 0 Å². The van der Waals surface area contributed by atoms with Gasteiger partial charge < -0.3 is 14.9 Å². The summed E-state index contributed by atoms with van der Waals surface area (Å²) in [6.45, 7) is -0.337. The fourth-order valence-corrected chi connectivity index (χ4v) is 2.52. The van der Waals surface area contributed by atoms with Crippen LogP contribution >= 0.6 is 0 Å². The van der Waals surface area contributed by atoms with E-state index in [0.29, 0.717) is 0 Å². The zero-order chi connectivity index (χ0) is 15.0. The third-order valence-electron chi connectivity index (χ3n) is 3.47. The first-order chi connectivity index (χ1) is 10.1. The Hall–Kier alpha value is -2.23. The minimum Gasteiger partial charge on any atom is -0.394 e. The number of ether oxygens (including phenoxy) is 1. The zero-order valence-electron chi connectivity index (χ0n) is 10.9. The van der Waals surface area contributed by atoms with E-state index < -0.39 is 35.7 Å². The zero-order valence-corrected chi connectivity index (χ0v) is 10.9. The molecule has 112 valence electrons. The second-order valence-corrected chi connectivity index (χ2v) is 4.73. The van der Waals surface area contributed by atoms with Crippen LogP contribution in [0.25, 0.3) is 0 Å². The van der Waals surface area contributed by atoms with Gasteiger partial charge in [-0.3, -0.25) is 19.0 Å². The molecule has 1 fully saturated rings. The number of aromatic amines is 1. The highest BCUT2D eigenvalue weighted by molar-refractivity contribution is 4.97. The molecular formula is C12H14N4O5. The van der Waals surface area contributed by atoms with Crippen LogP contribution in [0.15, 0.2) is 40.3 Å². The van der Waals surface area contributed by atoms with E-state index in [1.54, 1.807) is 18.5 Å². The quantitative estimate of drug-likeness (QED) is 0.615. The van der Waals surface area contributed by atoms with E-state index in [-0.39, 0.29) is 6.61 Å². The topological polar surface area (TPSA) is 122 Å². The lowest BCUT2D eigenvalue weighted by atomic mass is 10.1. The van der Waals surface area contributed by atoms with Crippen molar-refractivity contribution < 1.29 is 14.9 Å². The fraction of sp³-hybridized carbons (Fsp3) is 0.417. The van der Waals surface area contributed by atoms with E-state index in [0.717, 1.165) is 10.6 Å². The van der Waals surface area contributed by atoms with E-state index in [1.807, 2.05) is 0 Å². The van der Waals surface area contributed by atoms with Crippen molar-refractivity contribution in [2.75, 3.05) is 6.61 Å². The lowest BCUT2D eigenvalue weighted by molar-refractivity contribution is -0.0535. The average Bonchev–Trinajstić information content (AvgIpc) is 3.06. The standard InChI is InChI=1S/C12H14N4O5/c17-6-7-9(16-4-1-3-13-16)10(19)11(21-7)15-5-2-8(18)14-12(15)20/h1-5,7,9-11,17,19H,6H2,(H,14,18,20)/t7-,9-,10+,11-/m1/s1. The lowest BCUT2D eigenvalue weighted by Crippen LogP contribution is -2.36. The molecule has 1 aliphatic heterocycles. The van der Waals surface area contributed by atoms with E-state index in [4.69, 9.17) is 4.74 Å². The lowest BCUT2D eigenvalue weighted by Gasteiger charge is -2.19. The Balaban J connectivity index is 1.98. The summed E-state index contributed by atoms with van der Waals surface area (Å²) in [5, 5.41) is 23.9. The Morgan fingerprint density at radius 1 is 1.38 bits per heavy atom. The van der Waals surface area contributed by atoms with Crippen LogP contribution in [0, 0.1) is 0 Å². The minimum atomic E-state index is -1.11. The van der Waals surface area contributed by atoms with Gasteiger partial charge in [0.2, 0.25) is 0 Å². The third-order valence-corrected chi connectivity index (χ3v) is 3.47. The molecule has 3 heterocycles. The third kappa shape index (κ3) is 2.31. The predicted octanol–water partition coefficient (Wildman–Crippen LogP) is -1.77. The number of hydrogen-bond acceptors (Lipinski definition) is 6. The molecule has 1 aliphatic rings. The second-order valence-electron chi connectivity index (χ2n) is 4.73. The van der Waals surface area contributed by atoms with E-state index >= 15 is 0 Å². The van der Waals surface area contributed by atoms with E-state index in [2.05, 4.69) is 10.1 Å². The fourth-order valence-electron chi connectivity index (χ4n) is 2.52. The van der Waals surface area contributed by atoms with Gasteiger partial charge in [-0.25, -0.2) is 4.79 Å². The summed E-state index contributed by atoms with van der Waals surface area (Å²) in [4.78, 5) is 25.0. The van der Waals surface area contributed by atoms with Crippen LogP contribution in [-0.2, 0) is 4.74 Å². The molecule has 0 saturated carbocycles. The molecule has 9 heteroatoms. The molecule has 3 N–H and O–H groups in total. The molecule has 0 bridgehead atoms. The van der Waals surface area contributed by atoms with Crippen LogP contribution in [0.4, 0.5) is 0 Å². The van der Waals surface area contributed by atoms with Gasteiger partial charge in [-0.2, -0.15) is 5.10 Å². The molecule has 4 atom stereocenters. The SMILES string of the molecule is O=c1ccn([C@@H]2O[C@H](CO)[C@@H](n3cccn3)[C@@H]2O)c(=O)[nH]1. The molecular weight excluding hydrogens is 280 g/mol. The summed E-state index contributed by atoms with van der Waals surface area (Å²) in [5.74, 6) is 0. The van der Waals surface area contributed by atoms with Crippen molar-refractivity contribution in [3.8, 4) is 0 Å². The van der Waals surface area contributed by atoms with Crippen LogP contribution in [0.2, 0.25) is 0 Å². The molecule has 0 aromatic carbocycles. The van der Waals surface area contributed by atoms with Crippen molar-refractivity contribution in [3.63, 3.8) is 0 Å². The van der Waals surface area contributed by atoms with Crippen LogP contribution in [0.1, 0.15) is 12.3 Å². The Morgan fingerprint density at radius 2 is 2.19 bits per heavy atom. The van der Waals surface area contributed by atoms with Gasteiger partial charge in [-0.15, -0.1) is 0 Å². The Bertz CT molecular complexity index is 722. The molecule has 3 rings (SSSR count). The molecule has 0 radical (unpaired) electrons. The number of aliphatic hydroxyl groups is 2. The minimum absolute atomic E-state index is 0.337. The first-order valence-corrected chi connectivity index (χ1v) is 6.37. The second kappa shape index (κ2) is 5.28. The van der Waals surface area contributed by atoms with Gasteiger partial charge in [0.15, 0.2) is 6.23 Å². The highest BCUT2D eigenvalue weighted by atomic mass is 16.5. The van der Waals surface area contributed by atoms with Crippen LogP contribution in [0.5, 0.6) is 0 Å². The van der Waals surface area contributed by atoms with Crippen LogP contribution in [-0.4, -0.2) is 48.4 Å². The van der Waals surface area contributed by atoms with Gasteiger partial charge >= 0.3 is 5.69 Å². The maximum atomic E-state index is 11.8. The number of aliphatic hydroxyl groups excluding tert-OH is 2. The van der Waals surface area contributed by atoms with Gasteiger partial charge in [0, 0.05) is 24.7 Å². The number of rotatable bonds is 3. The monoisotopic (exact) mass is 294 g/mol. The van der Waals surface area contributed by atoms with Gasteiger partial charge in [0.05, 0.1) is 6.61 Å². The Morgan fingerprint density at radius 3 is 2.81 bits per heavy atom. The summed E-state index contributed by atoms with van der Waals surface area (Å²) in [5.41, 5.74) is -1.23. The summed E-state index contributed by atoms with van der Waals surface area (Å²) < 4.78 is 8.10. The first-order valence-electron chi connectivity index (χ1n) is 6.37.